The maximum atomic E-state index is 5.20. The van der Waals surface area contributed by atoms with Crippen molar-refractivity contribution in [1.29, 1.82) is 0 Å². The van der Waals surface area contributed by atoms with Crippen molar-refractivity contribution in [2.24, 2.45) is 0 Å². The predicted octanol–water partition coefficient (Wildman–Crippen LogP) is 0.819. The molecule has 0 saturated heterocycles. The van der Waals surface area contributed by atoms with Crippen LogP contribution < -0.4 is 10.6 Å². The zero-order valence-corrected chi connectivity index (χ0v) is 12.3. The lowest BCUT2D eigenvalue weighted by atomic mass is 10.3. The summed E-state index contributed by atoms with van der Waals surface area (Å²) in [7, 11) is 4.14. The third-order valence-electron chi connectivity index (χ3n) is 2.53. The number of thiocarbonyl (C=S) groups is 1. The summed E-state index contributed by atoms with van der Waals surface area (Å²) in [6.45, 7) is 5.66. The Labute approximate surface area is 115 Å². The second kappa shape index (κ2) is 8.05. The highest BCUT2D eigenvalue weighted by molar-refractivity contribution is 7.80. The molecule has 0 aliphatic heterocycles. The lowest BCUT2D eigenvalue weighted by Gasteiger charge is -2.12. The Hall–Kier alpha value is -1.14. The number of aromatic nitrogens is 2. The Morgan fingerprint density at radius 3 is 2.83 bits per heavy atom. The fourth-order valence-corrected chi connectivity index (χ4v) is 1.69. The molecule has 1 heterocycles. The molecule has 0 saturated carbocycles. The molecule has 0 atom stereocenters. The second-order valence-electron chi connectivity index (χ2n) is 4.47. The lowest BCUT2D eigenvalue weighted by molar-refractivity contribution is 0.400. The Bertz CT molecular complexity index is 361. The SMILES string of the molecule is CCn1cc(CNC(=S)NCCCN(C)C)cn1. The summed E-state index contributed by atoms with van der Waals surface area (Å²) < 4.78 is 1.91. The van der Waals surface area contributed by atoms with Gasteiger partial charge in [-0.25, -0.2) is 0 Å². The molecule has 0 fully saturated rings. The van der Waals surface area contributed by atoms with Gasteiger partial charge in [0.2, 0.25) is 0 Å². The number of aryl methyl sites for hydroxylation is 1. The van der Waals surface area contributed by atoms with Gasteiger partial charge in [0.05, 0.1) is 6.20 Å². The topological polar surface area (TPSA) is 45.1 Å². The average Bonchev–Trinajstić information content (AvgIpc) is 2.80. The van der Waals surface area contributed by atoms with Gasteiger partial charge in [-0.15, -0.1) is 0 Å². The molecule has 6 heteroatoms. The van der Waals surface area contributed by atoms with Crippen molar-refractivity contribution in [3.8, 4) is 0 Å². The van der Waals surface area contributed by atoms with E-state index in [9.17, 15) is 0 Å². The van der Waals surface area contributed by atoms with Crippen molar-refractivity contribution >= 4 is 17.3 Å². The van der Waals surface area contributed by atoms with Crippen LogP contribution in [-0.4, -0.2) is 47.0 Å². The molecule has 0 aromatic carbocycles. The van der Waals surface area contributed by atoms with E-state index in [4.69, 9.17) is 12.2 Å². The maximum absolute atomic E-state index is 5.20. The first-order chi connectivity index (χ1) is 8.61. The van der Waals surface area contributed by atoms with E-state index in [-0.39, 0.29) is 0 Å². The molecule has 0 unspecified atom stereocenters. The van der Waals surface area contributed by atoms with E-state index in [0.717, 1.165) is 38.2 Å². The number of nitrogens with one attached hydrogen (secondary N) is 2. The molecule has 5 nitrogen and oxygen atoms in total. The minimum Gasteiger partial charge on any atom is -0.363 e. The van der Waals surface area contributed by atoms with Crippen LogP contribution in [0.3, 0.4) is 0 Å². The van der Waals surface area contributed by atoms with Gasteiger partial charge in [-0.1, -0.05) is 0 Å². The number of nitrogens with zero attached hydrogens (tertiary/aromatic N) is 3. The van der Waals surface area contributed by atoms with Crippen LogP contribution in [0.5, 0.6) is 0 Å². The molecule has 0 bridgehead atoms. The van der Waals surface area contributed by atoms with Gasteiger partial charge < -0.3 is 15.5 Å². The fourth-order valence-electron chi connectivity index (χ4n) is 1.51. The van der Waals surface area contributed by atoms with Crippen molar-refractivity contribution in [1.82, 2.24) is 25.3 Å². The molecule has 0 aliphatic rings. The number of hydrogen-bond acceptors (Lipinski definition) is 3. The van der Waals surface area contributed by atoms with Gasteiger partial charge in [-0.05, 0) is 46.2 Å². The summed E-state index contributed by atoms with van der Waals surface area (Å²) in [6, 6.07) is 0. The zero-order valence-electron chi connectivity index (χ0n) is 11.4. The molecule has 0 radical (unpaired) electrons. The second-order valence-corrected chi connectivity index (χ2v) is 4.88. The van der Waals surface area contributed by atoms with Crippen LogP contribution in [0.2, 0.25) is 0 Å². The van der Waals surface area contributed by atoms with Crippen molar-refractivity contribution < 1.29 is 0 Å². The molecule has 18 heavy (non-hydrogen) atoms. The summed E-state index contributed by atoms with van der Waals surface area (Å²) in [6.07, 6.45) is 4.98. The van der Waals surface area contributed by atoms with Gasteiger partial charge in [0.1, 0.15) is 0 Å². The molecule has 102 valence electrons. The summed E-state index contributed by atoms with van der Waals surface area (Å²) in [5.74, 6) is 0. The van der Waals surface area contributed by atoms with E-state index < -0.39 is 0 Å². The van der Waals surface area contributed by atoms with Crippen LogP contribution in [0.25, 0.3) is 0 Å². The molecule has 1 rings (SSSR count). The summed E-state index contributed by atoms with van der Waals surface area (Å²) in [4.78, 5) is 2.16. The predicted molar refractivity (Wildman–Crippen MR) is 78.5 cm³/mol. The first kappa shape index (κ1) is 14.9. The van der Waals surface area contributed by atoms with E-state index in [2.05, 4.69) is 41.7 Å². The van der Waals surface area contributed by atoms with Gasteiger partial charge in [0.15, 0.2) is 5.11 Å². The van der Waals surface area contributed by atoms with E-state index >= 15 is 0 Å². The quantitative estimate of drug-likeness (QED) is 0.567. The Morgan fingerprint density at radius 2 is 2.22 bits per heavy atom. The van der Waals surface area contributed by atoms with E-state index in [1.165, 1.54) is 0 Å². The van der Waals surface area contributed by atoms with Crippen LogP contribution in [0.15, 0.2) is 12.4 Å². The number of hydrogen-bond donors (Lipinski definition) is 2. The van der Waals surface area contributed by atoms with Crippen LogP contribution in [0.4, 0.5) is 0 Å². The Balaban J connectivity index is 2.13. The molecule has 0 spiro atoms. The third-order valence-corrected chi connectivity index (χ3v) is 2.82. The Morgan fingerprint density at radius 1 is 1.44 bits per heavy atom. The molecule has 1 aromatic rings. The molecule has 0 aliphatic carbocycles. The highest BCUT2D eigenvalue weighted by atomic mass is 32.1. The fraction of sp³-hybridized carbons (Fsp3) is 0.667. The monoisotopic (exact) mass is 269 g/mol. The largest absolute Gasteiger partial charge is 0.363 e. The van der Waals surface area contributed by atoms with Crippen molar-refractivity contribution in [3.05, 3.63) is 18.0 Å². The maximum Gasteiger partial charge on any atom is 0.166 e. The lowest BCUT2D eigenvalue weighted by Crippen LogP contribution is -2.36. The van der Waals surface area contributed by atoms with E-state index in [1.54, 1.807) is 0 Å². The Kier molecular flexibility index (Phi) is 6.67. The molecular weight excluding hydrogens is 246 g/mol. The smallest absolute Gasteiger partial charge is 0.166 e. The van der Waals surface area contributed by atoms with Crippen LogP contribution in [0, 0.1) is 0 Å². The highest BCUT2D eigenvalue weighted by Gasteiger charge is 1.99. The van der Waals surface area contributed by atoms with Crippen LogP contribution in [0.1, 0.15) is 18.9 Å². The molecule has 0 amide bonds. The summed E-state index contributed by atoms with van der Waals surface area (Å²) >= 11 is 5.20. The van der Waals surface area contributed by atoms with Crippen molar-refractivity contribution in [3.63, 3.8) is 0 Å². The average molecular weight is 269 g/mol. The summed E-state index contributed by atoms with van der Waals surface area (Å²) in [5.41, 5.74) is 1.15. The van der Waals surface area contributed by atoms with Gasteiger partial charge in [-0.3, -0.25) is 4.68 Å². The third kappa shape index (κ3) is 5.97. The molecule has 1 aromatic heterocycles. The van der Waals surface area contributed by atoms with Crippen molar-refractivity contribution in [2.75, 3.05) is 27.2 Å². The van der Waals surface area contributed by atoms with Gasteiger partial charge in [0, 0.05) is 31.4 Å². The van der Waals surface area contributed by atoms with E-state index in [0.29, 0.717) is 5.11 Å². The zero-order chi connectivity index (χ0) is 13.4. The van der Waals surface area contributed by atoms with Gasteiger partial charge >= 0.3 is 0 Å². The normalized spacial score (nSPS) is 10.7. The van der Waals surface area contributed by atoms with E-state index in [1.807, 2.05) is 17.1 Å². The molecular formula is C12H23N5S. The minimum absolute atomic E-state index is 0.706. The standard InChI is InChI=1S/C12H23N5S/c1-4-17-10-11(9-15-17)8-14-12(18)13-6-5-7-16(2)3/h9-10H,4-8H2,1-3H3,(H2,13,14,18). The van der Waals surface area contributed by atoms with Gasteiger partial charge in [-0.2, -0.15) is 5.10 Å². The van der Waals surface area contributed by atoms with Crippen LogP contribution in [-0.2, 0) is 13.1 Å². The molecule has 2 N–H and O–H groups in total. The van der Waals surface area contributed by atoms with Crippen molar-refractivity contribution in [2.45, 2.75) is 26.4 Å². The highest BCUT2D eigenvalue weighted by Crippen LogP contribution is 1.96. The van der Waals surface area contributed by atoms with Gasteiger partial charge in [0.25, 0.3) is 0 Å². The van der Waals surface area contributed by atoms with Crippen LogP contribution >= 0.6 is 12.2 Å². The summed E-state index contributed by atoms with van der Waals surface area (Å²) in [5, 5.41) is 11.3. The minimum atomic E-state index is 0.706. The first-order valence-electron chi connectivity index (χ1n) is 6.29. The first-order valence-corrected chi connectivity index (χ1v) is 6.70. The number of rotatable bonds is 7.